The molecular formula is C9H17ClN2O2. The van der Waals surface area contributed by atoms with Crippen LogP contribution in [0, 0.1) is 5.92 Å². The number of carbonyl (C=O) groups excluding carboxylic acids is 2. The second-order valence-corrected chi connectivity index (χ2v) is 3.76. The maximum atomic E-state index is 11.3. The summed E-state index contributed by atoms with van der Waals surface area (Å²) in [5.41, 5.74) is 0. The summed E-state index contributed by atoms with van der Waals surface area (Å²) in [7, 11) is 1.54. The van der Waals surface area contributed by atoms with Gasteiger partial charge in [0.25, 0.3) is 0 Å². The minimum atomic E-state index is -0.480. The number of hydrogen-bond acceptors (Lipinski definition) is 2. The summed E-state index contributed by atoms with van der Waals surface area (Å²) in [4.78, 5) is 22.3. The summed E-state index contributed by atoms with van der Waals surface area (Å²) < 4.78 is 0. The molecule has 0 aliphatic heterocycles. The second kappa shape index (κ2) is 6.65. The van der Waals surface area contributed by atoms with Gasteiger partial charge in [0, 0.05) is 7.05 Å². The van der Waals surface area contributed by atoms with Crippen molar-refractivity contribution in [2.45, 2.75) is 26.3 Å². The Hall–Kier alpha value is -0.770. The lowest BCUT2D eigenvalue weighted by Crippen LogP contribution is -2.46. The number of hydrogen-bond donors (Lipinski definition) is 2. The molecule has 5 heteroatoms. The van der Waals surface area contributed by atoms with E-state index in [9.17, 15) is 9.59 Å². The Morgan fingerprint density at radius 1 is 1.36 bits per heavy atom. The van der Waals surface area contributed by atoms with Crippen LogP contribution in [0.2, 0.25) is 0 Å². The third-order valence-electron chi connectivity index (χ3n) is 1.73. The van der Waals surface area contributed by atoms with Crippen molar-refractivity contribution >= 4 is 23.4 Å². The monoisotopic (exact) mass is 220 g/mol. The van der Waals surface area contributed by atoms with Gasteiger partial charge in [-0.25, -0.2) is 0 Å². The SMILES string of the molecule is CNC(=O)C(CC(C)C)NC(=O)CCl. The van der Waals surface area contributed by atoms with E-state index in [1.165, 1.54) is 0 Å². The summed E-state index contributed by atoms with van der Waals surface area (Å²) in [6.45, 7) is 3.98. The van der Waals surface area contributed by atoms with Gasteiger partial charge < -0.3 is 10.6 Å². The van der Waals surface area contributed by atoms with Crippen molar-refractivity contribution in [3.63, 3.8) is 0 Å². The number of amides is 2. The molecule has 4 nitrogen and oxygen atoms in total. The first-order valence-corrected chi connectivity index (χ1v) is 5.11. The predicted octanol–water partition coefficient (Wildman–Crippen LogP) is 0.502. The molecule has 2 amide bonds. The average Bonchev–Trinajstić information content (AvgIpc) is 2.14. The van der Waals surface area contributed by atoms with Gasteiger partial charge in [-0.15, -0.1) is 11.6 Å². The van der Waals surface area contributed by atoms with Gasteiger partial charge in [-0.3, -0.25) is 9.59 Å². The van der Waals surface area contributed by atoms with Crippen molar-refractivity contribution in [3.05, 3.63) is 0 Å². The Morgan fingerprint density at radius 3 is 2.29 bits per heavy atom. The second-order valence-electron chi connectivity index (χ2n) is 3.50. The first kappa shape index (κ1) is 13.2. The Morgan fingerprint density at radius 2 is 1.93 bits per heavy atom. The van der Waals surface area contributed by atoms with Gasteiger partial charge in [0.2, 0.25) is 11.8 Å². The van der Waals surface area contributed by atoms with E-state index in [1.54, 1.807) is 7.05 Å². The molecule has 0 radical (unpaired) electrons. The van der Waals surface area contributed by atoms with Crippen molar-refractivity contribution in [1.82, 2.24) is 10.6 Å². The summed E-state index contributed by atoms with van der Waals surface area (Å²) in [6, 6.07) is -0.480. The van der Waals surface area contributed by atoms with Crippen molar-refractivity contribution in [3.8, 4) is 0 Å². The van der Waals surface area contributed by atoms with Gasteiger partial charge in [-0.2, -0.15) is 0 Å². The minimum Gasteiger partial charge on any atom is -0.357 e. The van der Waals surface area contributed by atoms with Crippen LogP contribution in [0.4, 0.5) is 0 Å². The van der Waals surface area contributed by atoms with Crippen LogP contribution in [-0.4, -0.2) is 30.8 Å². The summed E-state index contributed by atoms with van der Waals surface area (Å²) in [5.74, 6) is -0.281. The number of nitrogens with one attached hydrogen (secondary N) is 2. The van der Waals surface area contributed by atoms with Crippen LogP contribution in [0.3, 0.4) is 0 Å². The number of alkyl halides is 1. The summed E-state index contributed by atoms with van der Waals surface area (Å²) in [6.07, 6.45) is 0.613. The third kappa shape index (κ3) is 5.07. The number of likely N-dealkylation sites (N-methyl/N-ethyl adjacent to an activating group) is 1. The molecule has 0 aliphatic carbocycles. The molecule has 1 unspecified atom stereocenters. The molecule has 0 aromatic rings. The number of halogens is 1. The lowest BCUT2D eigenvalue weighted by atomic mass is 10.0. The van der Waals surface area contributed by atoms with Crippen LogP contribution in [0.25, 0.3) is 0 Å². The van der Waals surface area contributed by atoms with Crippen LogP contribution >= 0.6 is 11.6 Å². The van der Waals surface area contributed by atoms with Gasteiger partial charge in [-0.05, 0) is 12.3 Å². The lowest BCUT2D eigenvalue weighted by molar-refractivity contribution is -0.128. The average molecular weight is 221 g/mol. The summed E-state index contributed by atoms with van der Waals surface area (Å²) >= 11 is 5.34. The van der Waals surface area contributed by atoms with Crippen LogP contribution in [0.15, 0.2) is 0 Å². The van der Waals surface area contributed by atoms with Gasteiger partial charge in [0.1, 0.15) is 11.9 Å². The molecule has 0 bridgehead atoms. The lowest BCUT2D eigenvalue weighted by Gasteiger charge is -2.18. The third-order valence-corrected chi connectivity index (χ3v) is 1.97. The highest BCUT2D eigenvalue weighted by molar-refractivity contribution is 6.27. The van der Waals surface area contributed by atoms with Crippen molar-refractivity contribution in [1.29, 1.82) is 0 Å². The van der Waals surface area contributed by atoms with Gasteiger partial charge >= 0.3 is 0 Å². The fourth-order valence-electron chi connectivity index (χ4n) is 1.11. The molecule has 82 valence electrons. The Bertz CT molecular complexity index is 207. The van der Waals surface area contributed by atoms with Gasteiger partial charge in [0.15, 0.2) is 0 Å². The van der Waals surface area contributed by atoms with Crippen LogP contribution < -0.4 is 10.6 Å². The molecule has 0 aliphatic rings. The zero-order chi connectivity index (χ0) is 11.1. The highest BCUT2D eigenvalue weighted by Crippen LogP contribution is 2.04. The molecule has 0 spiro atoms. The molecule has 2 N–H and O–H groups in total. The van der Waals surface area contributed by atoms with Crippen molar-refractivity contribution in [2.75, 3.05) is 12.9 Å². The van der Waals surface area contributed by atoms with E-state index >= 15 is 0 Å². The molecular weight excluding hydrogens is 204 g/mol. The molecule has 0 rings (SSSR count). The van der Waals surface area contributed by atoms with E-state index in [4.69, 9.17) is 11.6 Å². The highest BCUT2D eigenvalue weighted by atomic mass is 35.5. The molecule has 0 saturated heterocycles. The summed E-state index contributed by atoms with van der Waals surface area (Å²) in [5, 5.41) is 5.07. The zero-order valence-electron chi connectivity index (χ0n) is 8.76. The fraction of sp³-hybridized carbons (Fsp3) is 0.778. The molecule has 14 heavy (non-hydrogen) atoms. The Kier molecular flexibility index (Phi) is 6.28. The highest BCUT2D eigenvalue weighted by Gasteiger charge is 2.19. The van der Waals surface area contributed by atoms with Gasteiger partial charge in [0.05, 0.1) is 0 Å². The van der Waals surface area contributed by atoms with Crippen LogP contribution in [0.1, 0.15) is 20.3 Å². The van der Waals surface area contributed by atoms with E-state index in [0.717, 1.165) is 0 Å². The van der Waals surface area contributed by atoms with E-state index in [-0.39, 0.29) is 17.7 Å². The minimum absolute atomic E-state index is 0.119. The Balaban J connectivity index is 4.24. The predicted molar refractivity (Wildman–Crippen MR) is 56.2 cm³/mol. The fourth-order valence-corrected chi connectivity index (χ4v) is 1.19. The quantitative estimate of drug-likeness (QED) is 0.663. The number of rotatable bonds is 5. The van der Waals surface area contributed by atoms with E-state index in [0.29, 0.717) is 12.3 Å². The zero-order valence-corrected chi connectivity index (χ0v) is 9.52. The Labute approximate surface area is 89.4 Å². The largest absolute Gasteiger partial charge is 0.357 e. The maximum Gasteiger partial charge on any atom is 0.242 e. The molecule has 0 fully saturated rings. The van der Waals surface area contributed by atoms with E-state index in [2.05, 4.69) is 10.6 Å². The van der Waals surface area contributed by atoms with Gasteiger partial charge in [-0.1, -0.05) is 13.8 Å². The van der Waals surface area contributed by atoms with Crippen molar-refractivity contribution in [2.24, 2.45) is 5.92 Å². The molecule has 1 atom stereocenters. The normalized spacial score (nSPS) is 12.4. The van der Waals surface area contributed by atoms with Crippen LogP contribution in [0.5, 0.6) is 0 Å². The molecule has 0 heterocycles. The molecule has 0 aromatic heterocycles. The first-order valence-electron chi connectivity index (χ1n) is 4.58. The van der Waals surface area contributed by atoms with Crippen LogP contribution in [-0.2, 0) is 9.59 Å². The first-order chi connectivity index (χ1) is 6.51. The molecule has 0 saturated carbocycles. The topological polar surface area (TPSA) is 58.2 Å². The van der Waals surface area contributed by atoms with E-state index < -0.39 is 6.04 Å². The maximum absolute atomic E-state index is 11.3. The number of carbonyl (C=O) groups is 2. The van der Waals surface area contributed by atoms with Crippen molar-refractivity contribution < 1.29 is 9.59 Å². The van der Waals surface area contributed by atoms with E-state index in [1.807, 2.05) is 13.8 Å². The standard InChI is InChI=1S/C9H17ClN2O2/c1-6(2)4-7(9(14)11-3)12-8(13)5-10/h6-7H,4-5H2,1-3H3,(H,11,14)(H,12,13). The molecule has 0 aromatic carbocycles. The smallest absolute Gasteiger partial charge is 0.242 e.